The molecule has 0 aliphatic heterocycles. The van der Waals surface area contributed by atoms with Gasteiger partial charge in [0.25, 0.3) is 0 Å². The Labute approximate surface area is 382 Å². The molecule has 3 aromatic carbocycles. The van der Waals surface area contributed by atoms with Crippen molar-refractivity contribution in [2.45, 2.75) is 111 Å². The van der Waals surface area contributed by atoms with E-state index in [-0.39, 0.29) is 63.7 Å². The quantitative estimate of drug-likeness (QED) is 0.0135. The van der Waals surface area contributed by atoms with Gasteiger partial charge in [-0.1, -0.05) is 50.6 Å². The van der Waals surface area contributed by atoms with E-state index in [9.17, 15) is 51.0 Å². The van der Waals surface area contributed by atoms with E-state index in [1.165, 1.54) is 11.8 Å². The van der Waals surface area contributed by atoms with Crippen LogP contribution in [-0.2, 0) is 43.6 Å². The van der Waals surface area contributed by atoms with Crippen molar-refractivity contribution in [1.82, 2.24) is 30.1 Å². The molecule has 0 aliphatic rings. The van der Waals surface area contributed by atoms with Crippen molar-refractivity contribution in [2.24, 2.45) is 5.92 Å². The summed E-state index contributed by atoms with van der Waals surface area (Å²) in [6.07, 6.45) is -0.620. The largest absolute Gasteiger partial charge is 0.445 e. The van der Waals surface area contributed by atoms with Crippen LogP contribution in [-0.4, -0.2) is 78.6 Å². The van der Waals surface area contributed by atoms with Crippen LogP contribution < -0.4 is 26.4 Å². The number of carbonyl (C=O) groups is 5. The Balaban J connectivity index is 1.07. The van der Waals surface area contributed by atoms with E-state index in [4.69, 9.17) is 15.5 Å². The number of halogens is 5. The van der Waals surface area contributed by atoms with Crippen LogP contribution in [0.5, 0.6) is 5.75 Å². The lowest BCUT2D eigenvalue weighted by Crippen LogP contribution is -2.53. The number of rotatable bonds is 20. The molecule has 0 radical (unpaired) electrons. The smallest absolute Gasteiger partial charge is 0.410 e. The number of benzene rings is 3. The molecular weight excluding hydrogens is 888 g/mol. The van der Waals surface area contributed by atoms with Crippen LogP contribution in [0.1, 0.15) is 85.0 Å². The summed E-state index contributed by atoms with van der Waals surface area (Å²) in [6.45, 7) is 10.4. The lowest BCUT2D eigenvalue weighted by molar-refractivity contribution is -0.135. The number of aliphatic hydroxyl groups is 1. The van der Waals surface area contributed by atoms with Crippen molar-refractivity contribution in [2.75, 3.05) is 17.6 Å². The van der Waals surface area contributed by atoms with E-state index in [2.05, 4.69) is 25.7 Å². The standard InChI is InChI=1S/C46H53F5N8O8/c1-7-58(21-30-56-39-40(59(30)23-46(5,6)65)28-13-11-12-14-29(28)55-42(39)52)45(64)66-22-26-17-19-27(20-18-26)54-43(62)25(4)53-44(63)38(24(2)3)57-31(60)15-9-8-10-16-32(61)67-41-36(50)34(48)33(47)35(49)37(41)51/h11-14,17-20,24-25,38,65H,7-10,15-16,21-23H2,1-6H3,(H2,52,55)(H,53,63)(H,54,62)(H,57,60)/t25?,38-/m0/s1. The lowest BCUT2D eigenvalue weighted by atomic mass is 10.0. The monoisotopic (exact) mass is 940 g/mol. The molecular formula is C46H53F5N8O8. The summed E-state index contributed by atoms with van der Waals surface area (Å²) < 4.78 is 79.5. The molecule has 0 saturated carbocycles. The summed E-state index contributed by atoms with van der Waals surface area (Å²) in [4.78, 5) is 75.0. The number of nitrogens with one attached hydrogen (secondary N) is 3. The third-order valence-electron chi connectivity index (χ3n) is 10.5. The Bertz CT molecular complexity index is 2610. The van der Waals surface area contributed by atoms with Crippen molar-refractivity contribution in [1.29, 1.82) is 0 Å². The van der Waals surface area contributed by atoms with Crippen LogP contribution in [0.25, 0.3) is 21.9 Å². The first-order valence-electron chi connectivity index (χ1n) is 21.5. The number of ether oxygens (including phenoxy) is 2. The maximum absolute atomic E-state index is 13.8. The minimum Gasteiger partial charge on any atom is -0.445 e. The van der Waals surface area contributed by atoms with Gasteiger partial charge < -0.3 is 45.7 Å². The van der Waals surface area contributed by atoms with Gasteiger partial charge in [-0.25, -0.2) is 27.9 Å². The molecule has 1 unspecified atom stereocenters. The molecule has 21 heteroatoms. The molecule has 360 valence electrons. The van der Waals surface area contributed by atoms with E-state index in [0.29, 0.717) is 33.6 Å². The fourth-order valence-corrected chi connectivity index (χ4v) is 6.95. The average molecular weight is 941 g/mol. The Morgan fingerprint density at radius 3 is 2.09 bits per heavy atom. The van der Waals surface area contributed by atoms with Gasteiger partial charge >= 0.3 is 12.1 Å². The molecule has 0 saturated heterocycles. The molecule has 2 heterocycles. The first-order chi connectivity index (χ1) is 31.6. The molecule has 0 fully saturated rings. The molecule has 4 amide bonds. The fourth-order valence-electron chi connectivity index (χ4n) is 6.95. The van der Waals surface area contributed by atoms with E-state index < -0.39 is 88.7 Å². The topological polar surface area (TPSA) is 220 Å². The van der Waals surface area contributed by atoms with Crippen LogP contribution >= 0.6 is 0 Å². The third kappa shape index (κ3) is 12.9. The van der Waals surface area contributed by atoms with Crippen LogP contribution in [0.15, 0.2) is 48.5 Å². The Kier molecular flexibility index (Phi) is 16.8. The lowest BCUT2D eigenvalue weighted by Gasteiger charge is -2.24. The molecule has 16 nitrogen and oxygen atoms in total. The minimum atomic E-state index is -2.39. The number of aromatic nitrogens is 3. The number of pyridine rings is 1. The van der Waals surface area contributed by atoms with Crippen LogP contribution in [0.4, 0.5) is 38.3 Å². The molecule has 6 N–H and O–H groups in total. The molecule has 0 spiro atoms. The van der Waals surface area contributed by atoms with Gasteiger partial charge in [-0.2, -0.15) is 8.78 Å². The van der Waals surface area contributed by atoms with Gasteiger partial charge in [-0.05, 0) is 70.2 Å². The van der Waals surface area contributed by atoms with Gasteiger partial charge in [-0.3, -0.25) is 19.2 Å². The molecule has 67 heavy (non-hydrogen) atoms. The maximum atomic E-state index is 13.8. The van der Waals surface area contributed by atoms with Gasteiger partial charge in [0.1, 0.15) is 30.0 Å². The van der Waals surface area contributed by atoms with Gasteiger partial charge in [0.2, 0.25) is 52.6 Å². The summed E-state index contributed by atoms with van der Waals surface area (Å²) in [6, 6.07) is 11.9. The summed E-state index contributed by atoms with van der Waals surface area (Å²) in [5.41, 5.74) is 8.01. The number of nitrogen functional groups attached to an aromatic ring is 1. The van der Waals surface area contributed by atoms with Gasteiger partial charge in [-0.15, -0.1) is 0 Å². The fraction of sp³-hybridized carbons (Fsp3) is 0.413. The number of anilines is 2. The van der Waals surface area contributed by atoms with Crippen LogP contribution in [0.3, 0.4) is 0 Å². The zero-order valence-corrected chi connectivity index (χ0v) is 37.8. The SMILES string of the molecule is CCN(Cc1nc2c(N)nc3ccccc3c2n1CC(C)(C)O)C(=O)OCc1ccc(NC(=O)C(C)NC(=O)[C@@H](NC(=O)CCCCCC(=O)Oc2c(F)c(F)c(F)c(F)c2F)C(C)C)cc1. The number of unbranched alkanes of at least 4 members (excludes halogenated alkanes) is 2. The number of esters is 1. The van der Waals surface area contributed by atoms with Crippen LogP contribution in [0, 0.1) is 35.0 Å². The number of hydrogen-bond acceptors (Lipinski definition) is 11. The molecule has 0 aliphatic carbocycles. The first-order valence-corrected chi connectivity index (χ1v) is 21.5. The minimum absolute atomic E-state index is 0.0521. The van der Waals surface area contributed by atoms with Crippen molar-refractivity contribution in [3.8, 4) is 5.75 Å². The van der Waals surface area contributed by atoms with E-state index >= 15 is 0 Å². The number of nitrogens with zero attached hydrogens (tertiary/aromatic N) is 4. The molecule has 2 aromatic heterocycles. The Morgan fingerprint density at radius 2 is 1.46 bits per heavy atom. The first kappa shape index (κ1) is 51.1. The normalized spacial score (nSPS) is 12.5. The highest BCUT2D eigenvalue weighted by Crippen LogP contribution is 2.32. The zero-order valence-electron chi connectivity index (χ0n) is 37.8. The molecule has 5 rings (SSSR count). The number of amides is 4. The van der Waals surface area contributed by atoms with Gasteiger partial charge in [0, 0.05) is 30.5 Å². The highest BCUT2D eigenvalue weighted by Gasteiger charge is 2.30. The average Bonchev–Trinajstić information content (AvgIpc) is 3.63. The molecule has 0 bridgehead atoms. The second-order valence-electron chi connectivity index (χ2n) is 16.8. The third-order valence-corrected chi connectivity index (χ3v) is 10.5. The van der Waals surface area contributed by atoms with E-state index in [1.807, 2.05) is 28.8 Å². The zero-order chi connectivity index (χ0) is 49.3. The van der Waals surface area contributed by atoms with Gasteiger partial charge in [0.05, 0.1) is 29.7 Å². The molecule has 2 atom stereocenters. The summed E-state index contributed by atoms with van der Waals surface area (Å²) in [5, 5.41) is 19.5. The highest BCUT2D eigenvalue weighted by atomic mass is 19.2. The Morgan fingerprint density at radius 1 is 0.836 bits per heavy atom. The Hall–Kier alpha value is -6.90. The maximum Gasteiger partial charge on any atom is 0.410 e. The number of imidazole rings is 1. The highest BCUT2D eigenvalue weighted by molar-refractivity contribution is 6.06. The number of hydrogen-bond donors (Lipinski definition) is 5. The predicted octanol–water partition coefficient (Wildman–Crippen LogP) is 6.93. The van der Waals surface area contributed by atoms with Crippen molar-refractivity contribution >= 4 is 63.2 Å². The number of nitrogens with two attached hydrogens (primary N) is 1. The summed E-state index contributed by atoms with van der Waals surface area (Å²) in [7, 11) is 0. The van der Waals surface area contributed by atoms with E-state index in [0.717, 1.165) is 5.39 Å². The number of fused-ring (bicyclic) bond motifs is 3. The second-order valence-corrected chi connectivity index (χ2v) is 16.8. The molecule has 5 aromatic rings. The van der Waals surface area contributed by atoms with Gasteiger partial charge in [0.15, 0.2) is 5.82 Å². The predicted molar refractivity (Wildman–Crippen MR) is 236 cm³/mol. The van der Waals surface area contributed by atoms with Crippen LogP contribution in [0.2, 0.25) is 0 Å². The summed E-state index contributed by atoms with van der Waals surface area (Å²) >= 11 is 0. The van der Waals surface area contributed by atoms with Crippen molar-refractivity contribution < 1.29 is 60.5 Å². The van der Waals surface area contributed by atoms with Crippen molar-refractivity contribution in [3.63, 3.8) is 0 Å². The second kappa shape index (κ2) is 22.1. The summed E-state index contributed by atoms with van der Waals surface area (Å²) in [5.74, 6) is -15.8. The van der Waals surface area contributed by atoms with E-state index in [1.54, 1.807) is 58.9 Å². The number of carbonyl (C=O) groups excluding carboxylic acids is 5. The number of para-hydroxylation sites is 1. The van der Waals surface area contributed by atoms with Crippen molar-refractivity contribution in [3.05, 3.63) is 89.0 Å².